The monoisotopic (exact) mass is 323 g/mol. The standard InChI is InChI=1S/C16H25N3O4/c20-16-12-4-1-2-7-15(12,18-8-10-23-11-9-18)19(22)14(16)6-3-5-13(16)17-21/h5,12,17,20-21H,1-4,6-11H2. The second kappa shape index (κ2) is 5.44. The van der Waals surface area contributed by atoms with Crippen LogP contribution in [0.2, 0.25) is 0 Å². The Morgan fingerprint density at radius 3 is 2.87 bits per heavy atom. The van der Waals surface area contributed by atoms with Gasteiger partial charge in [-0.25, -0.2) is 4.90 Å². The van der Waals surface area contributed by atoms with Crippen molar-refractivity contribution in [3.8, 4) is 0 Å². The SMILES string of the molecule is [O-][N+]1=C2CCC=C(NO)C2(O)C2CCCCC21N1CCOCC1. The molecule has 2 fully saturated rings. The summed E-state index contributed by atoms with van der Waals surface area (Å²) in [5.41, 5.74) is 0.987. The molecule has 0 spiro atoms. The zero-order valence-electron chi connectivity index (χ0n) is 13.3. The van der Waals surface area contributed by atoms with Gasteiger partial charge in [-0.2, -0.15) is 4.74 Å². The molecule has 3 N–H and O–H groups in total. The summed E-state index contributed by atoms with van der Waals surface area (Å²) in [7, 11) is 0. The van der Waals surface area contributed by atoms with E-state index in [1.165, 1.54) is 0 Å². The average molecular weight is 323 g/mol. The molecule has 2 aliphatic heterocycles. The zero-order valence-corrected chi connectivity index (χ0v) is 13.3. The van der Waals surface area contributed by atoms with Gasteiger partial charge in [-0.1, -0.05) is 12.5 Å². The summed E-state index contributed by atoms with van der Waals surface area (Å²) in [4.78, 5) is 2.21. The number of allylic oxidation sites excluding steroid dienone is 1. The molecule has 128 valence electrons. The Labute approximate surface area is 135 Å². The Morgan fingerprint density at radius 2 is 2.13 bits per heavy atom. The highest BCUT2D eigenvalue weighted by Crippen LogP contribution is 2.53. The lowest BCUT2D eigenvalue weighted by atomic mass is 9.67. The minimum Gasteiger partial charge on any atom is -0.622 e. The van der Waals surface area contributed by atoms with E-state index in [-0.39, 0.29) is 5.92 Å². The van der Waals surface area contributed by atoms with Gasteiger partial charge in [0.2, 0.25) is 11.4 Å². The van der Waals surface area contributed by atoms with Crippen molar-refractivity contribution >= 4 is 5.71 Å². The normalized spacial score (nSPS) is 41.3. The predicted octanol–water partition coefficient (Wildman–Crippen LogP) is 0.558. The number of morpholine rings is 1. The lowest BCUT2D eigenvalue weighted by Crippen LogP contribution is -2.64. The van der Waals surface area contributed by atoms with Gasteiger partial charge >= 0.3 is 0 Å². The van der Waals surface area contributed by atoms with Gasteiger partial charge in [0.25, 0.3) is 0 Å². The van der Waals surface area contributed by atoms with Crippen molar-refractivity contribution in [2.45, 2.75) is 49.8 Å². The second-order valence-corrected chi connectivity index (χ2v) is 7.05. The van der Waals surface area contributed by atoms with Crippen LogP contribution in [0.5, 0.6) is 0 Å². The number of hydrogen-bond acceptors (Lipinski definition) is 6. The lowest BCUT2D eigenvalue weighted by Gasteiger charge is -2.48. The van der Waals surface area contributed by atoms with Gasteiger partial charge in [0, 0.05) is 25.9 Å². The molecule has 3 unspecified atom stereocenters. The summed E-state index contributed by atoms with van der Waals surface area (Å²) in [6.07, 6.45) is 6.56. The molecule has 2 heterocycles. The average Bonchev–Trinajstić information content (AvgIpc) is 2.82. The maximum atomic E-state index is 13.4. The molecule has 3 atom stereocenters. The topological polar surface area (TPSA) is 91.0 Å². The summed E-state index contributed by atoms with van der Waals surface area (Å²) in [5.74, 6) is -0.222. The van der Waals surface area contributed by atoms with Crippen LogP contribution in [0.25, 0.3) is 0 Å². The van der Waals surface area contributed by atoms with Gasteiger partial charge in [-0.15, -0.1) is 0 Å². The van der Waals surface area contributed by atoms with Crippen LogP contribution >= 0.6 is 0 Å². The van der Waals surface area contributed by atoms with Crippen LogP contribution in [0.1, 0.15) is 38.5 Å². The van der Waals surface area contributed by atoms with E-state index in [0.717, 1.165) is 30.4 Å². The number of nitrogens with zero attached hydrogens (tertiary/aromatic N) is 2. The molecule has 0 aromatic rings. The zero-order chi connectivity index (χ0) is 16.1. The van der Waals surface area contributed by atoms with Crippen molar-refractivity contribution in [1.29, 1.82) is 0 Å². The molecule has 23 heavy (non-hydrogen) atoms. The van der Waals surface area contributed by atoms with E-state index >= 15 is 0 Å². The molecule has 4 aliphatic rings. The van der Waals surface area contributed by atoms with Gasteiger partial charge in [0.15, 0.2) is 5.60 Å². The Morgan fingerprint density at radius 1 is 1.35 bits per heavy atom. The third-order valence-electron chi connectivity index (χ3n) is 6.21. The van der Waals surface area contributed by atoms with Crippen LogP contribution in [0.3, 0.4) is 0 Å². The van der Waals surface area contributed by atoms with Crippen molar-refractivity contribution in [3.05, 3.63) is 17.0 Å². The maximum absolute atomic E-state index is 13.4. The van der Waals surface area contributed by atoms with E-state index in [1.807, 2.05) is 6.08 Å². The van der Waals surface area contributed by atoms with Gasteiger partial charge in [0.1, 0.15) is 0 Å². The van der Waals surface area contributed by atoms with Crippen LogP contribution < -0.4 is 5.48 Å². The van der Waals surface area contributed by atoms with Crippen molar-refractivity contribution < 1.29 is 19.8 Å². The summed E-state index contributed by atoms with van der Waals surface area (Å²) in [6.45, 7) is 2.67. The van der Waals surface area contributed by atoms with Crippen molar-refractivity contribution in [3.63, 3.8) is 0 Å². The van der Waals surface area contributed by atoms with Crippen molar-refractivity contribution in [2.24, 2.45) is 5.92 Å². The minimum absolute atomic E-state index is 0.222. The molecule has 4 rings (SSSR count). The van der Waals surface area contributed by atoms with Crippen LogP contribution in [-0.4, -0.2) is 63.2 Å². The number of nitrogens with one attached hydrogen (secondary N) is 1. The Bertz CT molecular complexity index is 558. The fourth-order valence-electron chi connectivity index (χ4n) is 5.25. The number of hydroxylamine groups is 2. The fourth-order valence-corrected chi connectivity index (χ4v) is 5.25. The fraction of sp³-hybridized carbons (Fsp3) is 0.812. The second-order valence-electron chi connectivity index (χ2n) is 7.05. The lowest BCUT2D eigenvalue weighted by molar-refractivity contribution is -0.591. The van der Waals surface area contributed by atoms with E-state index in [4.69, 9.17) is 4.74 Å². The molecule has 0 radical (unpaired) electrons. The number of rotatable bonds is 2. The van der Waals surface area contributed by atoms with E-state index in [9.17, 15) is 15.5 Å². The number of aliphatic hydroxyl groups is 1. The largest absolute Gasteiger partial charge is 0.622 e. The highest BCUT2D eigenvalue weighted by atomic mass is 16.5. The first-order valence-electron chi connectivity index (χ1n) is 8.65. The molecule has 0 bridgehead atoms. The summed E-state index contributed by atoms with van der Waals surface area (Å²) < 4.78 is 6.57. The van der Waals surface area contributed by atoms with E-state index < -0.39 is 11.3 Å². The minimum atomic E-state index is -1.37. The third-order valence-corrected chi connectivity index (χ3v) is 6.21. The van der Waals surface area contributed by atoms with E-state index in [1.54, 1.807) is 0 Å². The molecule has 0 amide bonds. The van der Waals surface area contributed by atoms with Crippen LogP contribution in [0, 0.1) is 11.1 Å². The smallest absolute Gasteiger partial charge is 0.235 e. The first-order chi connectivity index (χ1) is 11.2. The molecule has 0 aromatic heterocycles. The molecule has 2 aliphatic carbocycles. The van der Waals surface area contributed by atoms with Gasteiger partial charge in [-0.05, 0) is 19.3 Å². The van der Waals surface area contributed by atoms with Crippen LogP contribution in [-0.2, 0) is 4.74 Å². The quantitative estimate of drug-likeness (QED) is 0.391. The Kier molecular flexibility index (Phi) is 3.64. The summed E-state index contributed by atoms with van der Waals surface area (Å²) in [5, 5.41) is 34.4. The molecule has 7 nitrogen and oxygen atoms in total. The number of hydrogen-bond donors (Lipinski definition) is 3. The van der Waals surface area contributed by atoms with Crippen LogP contribution in [0.15, 0.2) is 11.8 Å². The first kappa shape index (κ1) is 15.4. The maximum Gasteiger partial charge on any atom is 0.235 e. The van der Waals surface area contributed by atoms with Crippen molar-refractivity contribution in [1.82, 2.24) is 10.4 Å². The van der Waals surface area contributed by atoms with Crippen molar-refractivity contribution in [2.75, 3.05) is 26.3 Å². The van der Waals surface area contributed by atoms with E-state index in [2.05, 4.69) is 10.4 Å². The molecule has 1 saturated heterocycles. The molecule has 1 saturated carbocycles. The molecular formula is C16H25N3O4. The highest BCUT2D eigenvalue weighted by Gasteiger charge is 2.71. The molecular weight excluding hydrogens is 298 g/mol. The Balaban J connectivity index is 1.84. The van der Waals surface area contributed by atoms with E-state index in [0.29, 0.717) is 50.6 Å². The van der Waals surface area contributed by atoms with Gasteiger partial charge in [-0.3, -0.25) is 10.7 Å². The molecule has 7 heteroatoms. The first-order valence-corrected chi connectivity index (χ1v) is 8.65. The predicted molar refractivity (Wildman–Crippen MR) is 82.9 cm³/mol. The Hall–Kier alpha value is -1.15. The molecule has 0 aromatic carbocycles. The third kappa shape index (κ3) is 1.88. The highest BCUT2D eigenvalue weighted by molar-refractivity contribution is 5.94. The number of ether oxygens (including phenoxy) is 1. The number of fused-ring (bicyclic) bond motifs is 3. The summed E-state index contributed by atoms with van der Waals surface area (Å²) >= 11 is 0. The van der Waals surface area contributed by atoms with Gasteiger partial charge < -0.3 is 15.1 Å². The summed E-state index contributed by atoms with van der Waals surface area (Å²) in [6, 6.07) is 0. The van der Waals surface area contributed by atoms with Gasteiger partial charge in [0.05, 0.1) is 24.8 Å². The van der Waals surface area contributed by atoms with Crippen LogP contribution in [0.4, 0.5) is 0 Å².